The predicted octanol–water partition coefficient (Wildman–Crippen LogP) is 1.68. The van der Waals surface area contributed by atoms with Crippen LogP contribution in [0.5, 0.6) is 11.5 Å². The minimum absolute atomic E-state index is 0.0439. The Labute approximate surface area is 172 Å². The van der Waals surface area contributed by atoms with Crippen molar-refractivity contribution in [3.05, 3.63) is 68.4 Å². The number of carbonyl (C=O) groups excluding carboxylic acids is 1. The van der Waals surface area contributed by atoms with Crippen LogP contribution in [0.15, 0.2) is 46.0 Å². The summed E-state index contributed by atoms with van der Waals surface area (Å²) in [5, 5.41) is 0.428. The summed E-state index contributed by atoms with van der Waals surface area (Å²) in [4.78, 5) is 41.2. The number of hydrogen-bond acceptors (Lipinski definition) is 5. The van der Waals surface area contributed by atoms with Crippen molar-refractivity contribution in [2.24, 2.45) is 0 Å². The first kappa shape index (κ1) is 19.8. The highest BCUT2D eigenvalue weighted by Crippen LogP contribution is 2.33. The van der Waals surface area contributed by atoms with Crippen molar-refractivity contribution in [1.29, 1.82) is 0 Å². The second-order valence-electron chi connectivity index (χ2n) is 7.22. The molecule has 1 aromatic heterocycles. The highest BCUT2D eigenvalue weighted by atomic mass is 16.5. The van der Waals surface area contributed by atoms with E-state index >= 15 is 0 Å². The normalized spacial score (nSPS) is 13.2. The van der Waals surface area contributed by atoms with E-state index < -0.39 is 11.2 Å². The molecule has 0 saturated heterocycles. The summed E-state index contributed by atoms with van der Waals surface area (Å²) in [5.41, 5.74) is 1.76. The van der Waals surface area contributed by atoms with Crippen LogP contribution in [0.3, 0.4) is 0 Å². The van der Waals surface area contributed by atoms with Gasteiger partial charge in [-0.1, -0.05) is 12.1 Å². The third-order valence-electron chi connectivity index (χ3n) is 5.53. The fourth-order valence-electron chi connectivity index (χ4n) is 3.93. The Morgan fingerprint density at radius 2 is 1.77 bits per heavy atom. The molecule has 8 heteroatoms. The number of hydrogen-bond donors (Lipinski definition) is 1. The number of nitrogens with zero attached hydrogens (tertiary/aromatic N) is 2. The molecule has 3 aromatic rings. The van der Waals surface area contributed by atoms with Crippen molar-refractivity contribution in [3.8, 4) is 11.5 Å². The van der Waals surface area contributed by atoms with E-state index in [0.717, 1.165) is 17.5 Å². The van der Waals surface area contributed by atoms with Gasteiger partial charge in [0, 0.05) is 26.1 Å². The molecule has 1 aliphatic heterocycles. The van der Waals surface area contributed by atoms with Gasteiger partial charge in [-0.3, -0.25) is 19.1 Å². The lowest BCUT2D eigenvalue weighted by molar-refractivity contribution is -0.132. The third kappa shape index (κ3) is 3.56. The van der Waals surface area contributed by atoms with Crippen LogP contribution >= 0.6 is 0 Å². The van der Waals surface area contributed by atoms with E-state index in [4.69, 9.17) is 9.47 Å². The number of para-hydroxylation sites is 1. The number of rotatable bonds is 5. The lowest BCUT2D eigenvalue weighted by Gasteiger charge is -2.30. The Bertz CT molecular complexity index is 1230. The van der Waals surface area contributed by atoms with Crippen molar-refractivity contribution >= 4 is 16.8 Å². The number of aryl methyl sites for hydroxylation is 1. The second kappa shape index (κ2) is 8.06. The Balaban J connectivity index is 1.52. The summed E-state index contributed by atoms with van der Waals surface area (Å²) in [5.74, 6) is 1.27. The Morgan fingerprint density at radius 3 is 2.50 bits per heavy atom. The van der Waals surface area contributed by atoms with Gasteiger partial charge in [-0.05, 0) is 41.8 Å². The SMILES string of the molecule is COc1cc2c(cc1OC)CN(C(=O)CCn1c(=O)[nH]c(=O)c3ccccc31)CC2. The van der Waals surface area contributed by atoms with Crippen LogP contribution in [0.1, 0.15) is 17.5 Å². The largest absolute Gasteiger partial charge is 0.493 e. The van der Waals surface area contributed by atoms with Gasteiger partial charge in [0.15, 0.2) is 11.5 Å². The molecule has 30 heavy (non-hydrogen) atoms. The van der Waals surface area contributed by atoms with Gasteiger partial charge in [0.05, 0.1) is 25.1 Å². The maximum atomic E-state index is 12.9. The second-order valence-corrected chi connectivity index (χ2v) is 7.22. The lowest BCUT2D eigenvalue weighted by atomic mass is 9.98. The molecule has 2 heterocycles. The molecule has 0 unspecified atom stereocenters. The molecule has 0 aliphatic carbocycles. The molecule has 1 aliphatic rings. The van der Waals surface area contributed by atoms with Crippen LogP contribution in [-0.2, 0) is 24.3 Å². The zero-order valence-electron chi connectivity index (χ0n) is 16.9. The maximum Gasteiger partial charge on any atom is 0.328 e. The first-order valence-corrected chi connectivity index (χ1v) is 9.75. The quantitative estimate of drug-likeness (QED) is 0.692. The Kier molecular flexibility index (Phi) is 5.31. The van der Waals surface area contributed by atoms with Crippen LogP contribution in [0.2, 0.25) is 0 Å². The molecule has 1 N–H and O–H groups in total. The Morgan fingerprint density at radius 1 is 1.07 bits per heavy atom. The topological polar surface area (TPSA) is 93.6 Å². The molecule has 1 amide bonds. The predicted molar refractivity (Wildman–Crippen MR) is 112 cm³/mol. The van der Waals surface area contributed by atoms with E-state index in [1.807, 2.05) is 12.1 Å². The number of H-pyrrole nitrogens is 1. The highest BCUT2D eigenvalue weighted by Gasteiger charge is 2.23. The van der Waals surface area contributed by atoms with Gasteiger partial charge in [-0.15, -0.1) is 0 Å². The smallest absolute Gasteiger partial charge is 0.328 e. The van der Waals surface area contributed by atoms with Gasteiger partial charge in [0.1, 0.15) is 0 Å². The summed E-state index contributed by atoms with van der Waals surface area (Å²) >= 11 is 0. The number of ether oxygens (including phenoxy) is 2. The number of amides is 1. The van der Waals surface area contributed by atoms with Crippen molar-refractivity contribution < 1.29 is 14.3 Å². The van der Waals surface area contributed by atoms with Crippen LogP contribution in [0, 0.1) is 0 Å². The first-order chi connectivity index (χ1) is 14.5. The number of carbonyl (C=O) groups is 1. The van der Waals surface area contributed by atoms with E-state index in [9.17, 15) is 14.4 Å². The molecule has 0 bridgehead atoms. The number of aromatic amines is 1. The van der Waals surface area contributed by atoms with Gasteiger partial charge in [0.25, 0.3) is 5.56 Å². The van der Waals surface area contributed by atoms with E-state index in [0.29, 0.717) is 35.5 Å². The average molecular weight is 409 g/mol. The lowest BCUT2D eigenvalue weighted by Crippen LogP contribution is -2.37. The molecule has 8 nitrogen and oxygen atoms in total. The van der Waals surface area contributed by atoms with Crippen LogP contribution in [0.25, 0.3) is 10.9 Å². The van der Waals surface area contributed by atoms with Crippen molar-refractivity contribution in [3.63, 3.8) is 0 Å². The van der Waals surface area contributed by atoms with E-state index in [1.54, 1.807) is 43.4 Å². The van der Waals surface area contributed by atoms with Crippen LogP contribution in [-0.4, -0.2) is 41.1 Å². The number of fused-ring (bicyclic) bond motifs is 2. The molecule has 0 spiro atoms. The maximum absolute atomic E-state index is 12.9. The van der Waals surface area contributed by atoms with Gasteiger partial charge < -0.3 is 14.4 Å². The molecule has 2 aromatic carbocycles. The van der Waals surface area contributed by atoms with Gasteiger partial charge in [-0.25, -0.2) is 4.79 Å². The molecule has 0 atom stereocenters. The average Bonchev–Trinajstić information content (AvgIpc) is 2.77. The number of aromatic nitrogens is 2. The molecule has 0 fully saturated rings. The van der Waals surface area contributed by atoms with Gasteiger partial charge in [0.2, 0.25) is 5.91 Å². The summed E-state index contributed by atoms with van der Waals surface area (Å²) in [6.07, 6.45) is 0.890. The molecule has 4 rings (SSSR count). The van der Waals surface area contributed by atoms with E-state index in [-0.39, 0.29) is 18.9 Å². The minimum atomic E-state index is -0.507. The fourth-order valence-corrected chi connectivity index (χ4v) is 3.93. The molecule has 0 radical (unpaired) electrons. The van der Waals surface area contributed by atoms with Crippen molar-refractivity contribution in [2.45, 2.75) is 25.9 Å². The number of methoxy groups -OCH3 is 2. The minimum Gasteiger partial charge on any atom is -0.493 e. The fraction of sp³-hybridized carbons (Fsp3) is 0.318. The first-order valence-electron chi connectivity index (χ1n) is 9.75. The van der Waals surface area contributed by atoms with Gasteiger partial charge in [-0.2, -0.15) is 0 Å². The van der Waals surface area contributed by atoms with Crippen molar-refractivity contribution in [1.82, 2.24) is 14.5 Å². The third-order valence-corrected chi connectivity index (χ3v) is 5.53. The van der Waals surface area contributed by atoms with Crippen LogP contribution in [0.4, 0.5) is 0 Å². The highest BCUT2D eigenvalue weighted by molar-refractivity contribution is 5.79. The monoisotopic (exact) mass is 409 g/mol. The molecule has 156 valence electrons. The zero-order valence-corrected chi connectivity index (χ0v) is 16.9. The summed E-state index contributed by atoms with van der Waals surface area (Å²) in [7, 11) is 3.19. The number of benzene rings is 2. The number of nitrogens with one attached hydrogen (secondary N) is 1. The van der Waals surface area contributed by atoms with Gasteiger partial charge >= 0.3 is 5.69 Å². The van der Waals surface area contributed by atoms with Crippen molar-refractivity contribution in [2.75, 3.05) is 20.8 Å². The summed E-state index contributed by atoms with van der Waals surface area (Å²) in [6.45, 7) is 1.28. The van der Waals surface area contributed by atoms with Crippen LogP contribution < -0.4 is 20.7 Å². The molecule has 0 saturated carbocycles. The molecular weight excluding hydrogens is 386 g/mol. The Hall–Kier alpha value is -3.55. The summed E-state index contributed by atoms with van der Waals surface area (Å²) in [6, 6.07) is 10.8. The van der Waals surface area contributed by atoms with E-state index in [1.165, 1.54) is 4.57 Å². The molecular formula is C22H23N3O5. The summed E-state index contributed by atoms with van der Waals surface area (Å²) < 4.78 is 12.2. The standard InChI is InChI=1S/C22H23N3O5/c1-29-18-11-14-7-9-24(13-15(14)12-19(18)30-2)20(26)8-10-25-17-6-4-3-5-16(17)21(27)23-22(25)28/h3-6,11-12H,7-10,13H2,1-2H3,(H,23,27,28). The van der Waals surface area contributed by atoms with E-state index in [2.05, 4.69) is 4.98 Å². The zero-order chi connectivity index (χ0) is 21.3.